The number of carbonyl (C=O) groups excluding carboxylic acids is 1. The van der Waals surface area contributed by atoms with Crippen LogP contribution in [0, 0.1) is 5.92 Å². The zero-order valence-corrected chi connectivity index (χ0v) is 14.1. The van der Waals surface area contributed by atoms with Crippen LogP contribution in [0.15, 0.2) is 0 Å². The zero-order chi connectivity index (χ0) is 14.9. The molecule has 114 valence electrons. The molecule has 0 fully saturated rings. The van der Waals surface area contributed by atoms with Crippen LogP contribution >= 0.6 is 11.8 Å². The lowest BCUT2D eigenvalue weighted by Crippen LogP contribution is -2.53. The summed E-state index contributed by atoms with van der Waals surface area (Å²) in [6, 6.07) is 0. The largest absolute Gasteiger partial charge is 0.368 e. The third kappa shape index (κ3) is 7.83. The number of hydrogen-bond donors (Lipinski definition) is 2. The fraction of sp³-hybridized carbons (Fsp3) is 0.933. The second-order valence-electron chi connectivity index (χ2n) is 5.90. The Morgan fingerprint density at radius 3 is 2.42 bits per heavy atom. The second kappa shape index (κ2) is 9.65. The summed E-state index contributed by atoms with van der Waals surface area (Å²) in [6.45, 7) is 11.7. The first kappa shape index (κ1) is 18.8. The Morgan fingerprint density at radius 1 is 1.32 bits per heavy atom. The highest BCUT2D eigenvalue weighted by Gasteiger charge is 2.29. The molecule has 4 heteroatoms. The Hall–Kier alpha value is -0.220. The summed E-state index contributed by atoms with van der Waals surface area (Å²) in [5.74, 6) is 1.67. The Morgan fingerprint density at radius 2 is 1.95 bits per heavy atom. The molecule has 0 saturated heterocycles. The average molecular weight is 289 g/mol. The normalized spacial score (nSPS) is 16.3. The van der Waals surface area contributed by atoms with E-state index >= 15 is 0 Å². The van der Waals surface area contributed by atoms with E-state index in [0.717, 1.165) is 38.1 Å². The molecule has 0 aliphatic carbocycles. The highest BCUT2D eigenvalue weighted by atomic mass is 32.2. The number of rotatable bonds is 11. The quantitative estimate of drug-likeness (QED) is 0.574. The first-order valence-electron chi connectivity index (χ1n) is 7.50. The molecule has 0 aromatic rings. The molecular formula is C15H32N2OS. The van der Waals surface area contributed by atoms with E-state index < -0.39 is 5.54 Å². The van der Waals surface area contributed by atoms with Gasteiger partial charge in [-0.1, -0.05) is 34.1 Å². The maximum Gasteiger partial charge on any atom is 0.237 e. The highest BCUT2D eigenvalue weighted by molar-refractivity contribution is 7.99. The number of hydrogen-bond acceptors (Lipinski definition) is 3. The number of thioether (sulfide) groups is 1. The molecule has 19 heavy (non-hydrogen) atoms. The number of primary amides is 1. The van der Waals surface area contributed by atoms with Crippen LogP contribution < -0.4 is 11.1 Å². The van der Waals surface area contributed by atoms with Gasteiger partial charge >= 0.3 is 0 Å². The standard InChI is InChI=1S/C15H32N2OS/c1-6-10-17-15(5,14(16)18)9-7-8-11-19-13(4)12(2)3/h12-13,17H,6-11H2,1-5H3,(H2,16,18). The summed E-state index contributed by atoms with van der Waals surface area (Å²) in [5, 5.41) is 3.99. The third-order valence-corrected chi connectivity index (χ3v) is 5.29. The lowest BCUT2D eigenvalue weighted by atomic mass is 9.94. The minimum absolute atomic E-state index is 0.232. The summed E-state index contributed by atoms with van der Waals surface area (Å²) in [5.41, 5.74) is 4.97. The number of unbranched alkanes of at least 4 members (excludes halogenated alkanes) is 1. The molecular weight excluding hydrogens is 256 g/mol. The topological polar surface area (TPSA) is 55.1 Å². The number of nitrogens with one attached hydrogen (secondary N) is 1. The van der Waals surface area contributed by atoms with Gasteiger partial charge in [0.25, 0.3) is 0 Å². The van der Waals surface area contributed by atoms with Crippen molar-refractivity contribution in [3.63, 3.8) is 0 Å². The van der Waals surface area contributed by atoms with Crippen molar-refractivity contribution in [2.75, 3.05) is 12.3 Å². The monoisotopic (exact) mass is 288 g/mol. The van der Waals surface area contributed by atoms with Crippen molar-refractivity contribution in [3.05, 3.63) is 0 Å². The molecule has 2 atom stereocenters. The van der Waals surface area contributed by atoms with Gasteiger partial charge in [0, 0.05) is 5.25 Å². The van der Waals surface area contributed by atoms with Gasteiger partial charge in [-0.25, -0.2) is 0 Å². The first-order chi connectivity index (χ1) is 8.83. The van der Waals surface area contributed by atoms with Crippen molar-refractivity contribution < 1.29 is 4.79 Å². The molecule has 0 aliphatic rings. The third-order valence-electron chi connectivity index (χ3n) is 3.70. The van der Waals surface area contributed by atoms with Gasteiger partial charge in [-0.3, -0.25) is 4.79 Å². The minimum Gasteiger partial charge on any atom is -0.368 e. The Labute approximate surface area is 123 Å². The zero-order valence-electron chi connectivity index (χ0n) is 13.3. The van der Waals surface area contributed by atoms with Crippen LogP contribution in [0.3, 0.4) is 0 Å². The van der Waals surface area contributed by atoms with Crippen LogP contribution in [0.5, 0.6) is 0 Å². The lowest BCUT2D eigenvalue weighted by Gasteiger charge is -2.27. The summed E-state index contributed by atoms with van der Waals surface area (Å²) >= 11 is 2.02. The van der Waals surface area contributed by atoms with E-state index in [2.05, 4.69) is 33.0 Å². The van der Waals surface area contributed by atoms with Gasteiger partial charge in [-0.15, -0.1) is 0 Å². The van der Waals surface area contributed by atoms with Gasteiger partial charge in [0.05, 0.1) is 5.54 Å². The maximum atomic E-state index is 11.5. The number of amides is 1. The average Bonchev–Trinajstić information content (AvgIpc) is 2.35. The van der Waals surface area contributed by atoms with Crippen LogP contribution in [-0.2, 0) is 4.79 Å². The van der Waals surface area contributed by atoms with Gasteiger partial charge in [0.15, 0.2) is 0 Å². The summed E-state index contributed by atoms with van der Waals surface area (Å²) in [4.78, 5) is 11.5. The van der Waals surface area contributed by atoms with Crippen molar-refractivity contribution in [1.82, 2.24) is 5.32 Å². The van der Waals surface area contributed by atoms with E-state index in [1.807, 2.05) is 18.7 Å². The SMILES string of the molecule is CCCNC(C)(CCCCSC(C)C(C)C)C(N)=O. The summed E-state index contributed by atoms with van der Waals surface area (Å²) < 4.78 is 0. The molecule has 0 radical (unpaired) electrons. The molecule has 0 aliphatic heterocycles. The van der Waals surface area contributed by atoms with Crippen LogP contribution in [0.25, 0.3) is 0 Å². The Bertz CT molecular complexity index is 259. The maximum absolute atomic E-state index is 11.5. The predicted octanol–water partition coefficient (Wildman–Crippen LogP) is 3.18. The first-order valence-corrected chi connectivity index (χ1v) is 8.55. The van der Waals surface area contributed by atoms with Crippen molar-refractivity contribution in [3.8, 4) is 0 Å². The summed E-state index contributed by atoms with van der Waals surface area (Å²) in [6.07, 6.45) is 4.05. The minimum atomic E-state index is -0.537. The van der Waals surface area contributed by atoms with E-state index in [-0.39, 0.29) is 5.91 Å². The van der Waals surface area contributed by atoms with E-state index in [1.54, 1.807) is 0 Å². The van der Waals surface area contributed by atoms with Crippen molar-refractivity contribution >= 4 is 17.7 Å². The van der Waals surface area contributed by atoms with Gasteiger partial charge in [-0.05, 0) is 44.4 Å². The van der Waals surface area contributed by atoms with Gasteiger partial charge < -0.3 is 11.1 Å². The van der Waals surface area contributed by atoms with Crippen LogP contribution in [0.1, 0.15) is 60.3 Å². The van der Waals surface area contributed by atoms with Crippen molar-refractivity contribution in [2.45, 2.75) is 71.1 Å². The highest BCUT2D eigenvalue weighted by Crippen LogP contribution is 2.21. The Kier molecular flexibility index (Phi) is 9.54. The fourth-order valence-electron chi connectivity index (χ4n) is 1.74. The molecule has 0 aromatic carbocycles. The predicted molar refractivity (Wildman–Crippen MR) is 86.5 cm³/mol. The molecule has 0 spiro atoms. The van der Waals surface area contributed by atoms with Crippen LogP contribution in [0.2, 0.25) is 0 Å². The van der Waals surface area contributed by atoms with Gasteiger partial charge in [0.1, 0.15) is 0 Å². The van der Waals surface area contributed by atoms with Crippen molar-refractivity contribution in [2.24, 2.45) is 11.7 Å². The van der Waals surface area contributed by atoms with Gasteiger partial charge in [-0.2, -0.15) is 11.8 Å². The lowest BCUT2D eigenvalue weighted by molar-refractivity contribution is -0.124. The van der Waals surface area contributed by atoms with E-state index in [0.29, 0.717) is 5.25 Å². The molecule has 3 N–H and O–H groups in total. The number of nitrogens with two attached hydrogens (primary N) is 1. The molecule has 1 amide bonds. The Balaban J connectivity index is 3.91. The van der Waals surface area contributed by atoms with E-state index in [1.165, 1.54) is 5.75 Å². The molecule has 0 aromatic heterocycles. The molecule has 0 bridgehead atoms. The smallest absolute Gasteiger partial charge is 0.237 e. The van der Waals surface area contributed by atoms with Crippen molar-refractivity contribution in [1.29, 1.82) is 0 Å². The molecule has 2 unspecified atom stereocenters. The van der Waals surface area contributed by atoms with Crippen LogP contribution in [0.4, 0.5) is 0 Å². The van der Waals surface area contributed by atoms with Gasteiger partial charge in [0.2, 0.25) is 5.91 Å². The van der Waals surface area contributed by atoms with E-state index in [4.69, 9.17) is 5.73 Å². The summed E-state index contributed by atoms with van der Waals surface area (Å²) in [7, 11) is 0. The molecule has 0 rings (SSSR count). The van der Waals surface area contributed by atoms with Crippen LogP contribution in [-0.4, -0.2) is 29.0 Å². The van der Waals surface area contributed by atoms with E-state index in [9.17, 15) is 4.79 Å². The molecule has 0 heterocycles. The molecule has 3 nitrogen and oxygen atoms in total. The second-order valence-corrected chi connectivity index (χ2v) is 7.39. The molecule has 0 saturated carbocycles. The fourth-order valence-corrected chi connectivity index (χ4v) is 2.87. The number of carbonyl (C=O) groups is 1.